The number of aryl methyl sites for hydroxylation is 1. The molecule has 0 unspecified atom stereocenters. The van der Waals surface area contributed by atoms with E-state index < -0.39 is 11.1 Å². The van der Waals surface area contributed by atoms with Gasteiger partial charge in [-0.3, -0.25) is 24.2 Å². The molecule has 9 nitrogen and oxygen atoms in total. The second-order valence-electron chi connectivity index (χ2n) is 7.26. The largest absolute Gasteiger partial charge is 0.505 e. The highest BCUT2D eigenvalue weighted by molar-refractivity contribution is 5.98. The van der Waals surface area contributed by atoms with Gasteiger partial charge in [0.05, 0.1) is 11.3 Å². The Hall–Kier alpha value is -3.23. The first-order valence-electron chi connectivity index (χ1n) is 8.95. The predicted octanol–water partition coefficient (Wildman–Crippen LogP) is 1.68. The maximum absolute atomic E-state index is 12.7. The monoisotopic (exact) mass is 389 g/mol. The third-order valence-corrected chi connectivity index (χ3v) is 4.57. The Morgan fingerprint density at radius 1 is 1.18 bits per heavy atom. The molecule has 0 aliphatic heterocycles. The summed E-state index contributed by atoms with van der Waals surface area (Å²) in [6.45, 7) is 5.88. The van der Waals surface area contributed by atoms with E-state index in [0.29, 0.717) is 0 Å². The zero-order valence-corrected chi connectivity index (χ0v) is 17.0. The molecular formula is C19H27N5O4. The van der Waals surface area contributed by atoms with Crippen LogP contribution in [0.2, 0.25) is 0 Å². The first-order chi connectivity index (χ1) is 13.0. The summed E-state index contributed by atoms with van der Waals surface area (Å²) in [6, 6.07) is 4.51. The molecule has 152 valence electrons. The molecule has 0 aliphatic rings. The minimum atomic E-state index is -0.484. The number of phenols is 1. The highest BCUT2D eigenvalue weighted by Gasteiger charge is 2.21. The number of anilines is 3. The summed E-state index contributed by atoms with van der Waals surface area (Å²) >= 11 is 0. The molecule has 1 aromatic heterocycles. The molecule has 1 atom stereocenters. The number of carbonyl (C=O) groups is 1. The van der Waals surface area contributed by atoms with E-state index >= 15 is 0 Å². The van der Waals surface area contributed by atoms with E-state index in [0.717, 1.165) is 4.68 Å². The topological polar surface area (TPSA) is 119 Å². The molecule has 28 heavy (non-hydrogen) atoms. The number of H-pyrrole nitrogens is 1. The lowest BCUT2D eigenvalue weighted by molar-refractivity contribution is 0.0824. The van der Waals surface area contributed by atoms with Crippen LogP contribution in [0.4, 0.5) is 17.1 Å². The van der Waals surface area contributed by atoms with Gasteiger partial charge in [-0.1, -0.05) is 19.9 Å². The van der Waals surface area contributed by atoms with Crippen LogP contribution in [0.25, 0.3) is 0 Å². The minimum absolute atomic E-state index is 0.0106. The zero-order chi connectivity index (χ0) is 21.2. The number of hydrogen-bond donors (Lipinski definition) is 4. The standard InChI is InChI=1S/C19H27N5O4/c1-10(2)11(3)20-14-15(19(28)24(6)22-17(14)26)21-13-9-7-8-12(16(13)25)18(27)23(4)5/h7-11,20-21,25H,1-6H3,(H,22,26)/t11-/m0/s1. The number of para-hydroxylation sites is 1. The summed E-state index contributed by atoms with van der Waals surface area (Å²) in [5, 5.41) is 18.9. The van der Waals surface area contributed by atoms with E-state index in [1.54, 1.807) is 20.2 Å². The lowest BCUT2D eigenvalue weighted by Gasteiger charge is -2.21. The summed E-state index contributed by atoms with van der Waals surface area (Å²) in [5.74, 6) is -0.469. The van der Waals surface area contributed by atoms with Crippen molar-refractivity contribution < 1.29 is 9.90 Å². The van der Waals surface area contributed by atoms with E-state index in [4.69, 9.17) is 0 Å². The van der Waals surface area contributed by atoms with E-state index in [2.05, 4.69) is 15.7 Å². The number of phenolic OH excluding ortho intramolecular Hbond substituents is 1. The van der Waals surface area contributed by atoms with Gasteiger partial charge in [0, 0.05) is 27.2 Å². The number of hydrogen-bond acceptors (Lipinski definition) is 6. The van der Waals surface area contributed by atoms with E-state index in [1.807, 2.05) is 20.8 Å². The molecule has 1 heterocycles. The van der Waals surface area contributed by atoms with Crippen molar-refractivity contribution in [2.75, 3.05) is 24.7 Å². The first-order valence-corrected chi connectivity index (χ1v) is 8.95. The van der Waals surface area contributed by atoms with Gasteiger partial charge in [-0.2, -0.15) is 0 Å². The Kier molecular flexibility index (Phi) is 6.17. The molecule has 2 rings (SSSR count). The molecule has 0 fully saturated rings. The minimum Gasteiger partial charge on any atom is -0.505 e. The lowest BCUT2D eigenvalue weighted by atomic mass is 10.1. The number of aromatic hydroxyl groups is 1. The fraction of sp³-hybridized carbons (Fsp3) is 0.421. The molecule has 4 N–H and O–H groups in total. The molecule has 0 aliphatic carbocycles. The second kappa shape index (κ2) is 8.20. The van der Waals surface area contributed by atoms with Crippen LogP contribution in [0.5, 0.6) is 5.75 Å². The summed E-state index contributed by atoms with van der Waals surface area (Å²) in [5.41, 5.74) is -0.659. The number of carbonyl (C=O) groups excluding carboxylic acids is 1. The van der Waals surface area contributed by atoms with Crippen molar-refractivity contribution in [1.29, 1.82) is 0 Å². The van der Waals surface area contributed by atoms with E-state index in [-0.39, 0.29) is 46.2 Å². The molecule has 0 saturated heterocycles. The molecule has 0 bridgehead atoms. The van der Waals surface area contributed by atoms with Gasteiger partial charge in [-0.05, 0) is 25.0 Å². The van der Waals surface area contributed by atoms with Crippen LogP contribution in [0.3, 0.4) is 0 Å². The van der Waals surface area contributed by atoms with E-state index in [9.17, 15) is 19.5 Å². The van der Waals surface area contributed by atoms with Gasteiger partial charge in [0.1, 0.15) is 11.4 Å². The Bertz CT molecular complexity index is 991. The SMILES string of the molecule is CC(C)[C@H](C)Nc1c(Nc2cccc(C(=O)N(C)C)c2O)c(=O)n(C)[nH]c1=O. The Labute approximate surface area is 163 Å². The van der Waals surface area contributed by atoms with Gasteiger partial charge in [0.15, 0.2) is 5.75 Å². The van der Waals surface area contributed by atoms with Crippen LogP contribution in [-0.4, -0.2) is 45.8 Å². The summed E-state index contributed by atoms with van der Waals surface area (Å²) in [6.07, 6.45) is 0. The van der Waals surface area contributed by atoms with Crippen molar-refractivity contribution in [3.8, 4) is 5.75 Å². The fourth-order valence-electron chi connectivity index (χ4n) is 2.49. The number of aromatic nitrogens is 2. The number of benzene rings is 1. The van der Waals surface area contributed by atoms with Gasteiger partial charge in [0.2, 0.25) is 0 Å². The van der Waals surface area contributed by atoms with Gasteiger partial charge in [-0.15, -0.1) is 0 Å². The highest BCUT2D eigenvalue weighted by atomic mass is 16.3. The van der Waals surface area contributed by atoms with Gasteiger partial charge < -0.3 is 20.6 Å². The summed E-state index contributed by atoms with van der Waals surface area (Å²) < 4.78 is 1.06. The average Bonchev–Trinajstić information content (AvgIpc) is 2.62. The van der Waals surface area contributed by atoms with Crippen molar-refractivity contribution in [2.24, 2.45) is 13.0 Å². The molecule has 9 heteroatoms. The maximum Gasteiger partial charge on any atom is 0.290 e. The summed E-state index contributed by atoms with van der Waals surface area (Å²) in [4.78, 5) is 38.7. The van der Waals surface area contributed by atoms with Crippen molar-refractivity contribution >= 4 is 23.0 Å². The average molecular weight is 389 g/mol. The molecular weight excluding hydrogens is 362 g/mol. The number of nitrogens with zero attached hydrogens (tertiary/aromatic N) is 2. The fourth-order valence-corrected chi connectivity index (χ4v) is 2.49. The van der Waals surface area contributed by atoms with Crippen molar-refractivity contribution in [3.63, 3.8) is 0 Å². The Balaban J connectivity index is 2.58. The van der Waals surface area contributed by atoms with Gasteiger partial charge in [-0.25, -0.2) is 0 Å². The van der Waals surface area contributed by atoms with Crippen LogP contribution in [0, 0.1) is 5.92 Å². The molecule has 0 saturated carbocycles. The third kappa shape index (κ3) is 4.19. The number of rotatable bonds is 6. The predicted molar refractivity (Wildman–Crippen MR) is 110 cm³/mol. The second-order valence-corrected chi connectivity index (χ2v) is 7.26. The quantitative estimate of drug-likeness (QED) is 0.558. The van der Waals surface area contributed by atoms with Crippen LogP contribution < -0.4 is 21.8 Å². The van der Waals surface area contributed by atoms with Gasteiger partial charge >= 0.3 is 0 Å². The van der Waals surface area contributed by atoms with Crippen molar-refractivity contribution in [2.45, 2.75) is 26.8 Å². The summed E-state index contributed by atoms with van der Waals surface area (Å²) in [7, 11) is 4.57. The Morgan fingerprint density at radius 2 is 1.82 bits per heavy atom. The first kappa shape index (κ1) is 21.1. The van der Waals surface area contributed by atoms with Crippen molar-refractivity contribution in [3.05, 3.63) is 44.5 Å². The van der Waals surface area contributed by atoms with Crippen LogP contribution >= 0.6 is 0 Å². The number of nitrogens with one attached hydrogen (secondary N) is 3. The number of amides is 1. The maximum atomic E-state index is 12.7. The molecule has 0 spiro atoms. The van der Waals surface area contributed by atoms with Gasteiger partial charge in [0.25, 0.3) is 17.0 Å². The molecule has 1 amide bonds. The Morgan fingerprint density at radius 3 is 2.39 bits per heavy atom. The lowest BCUT2D eigenvalue weighted by Crippen LogP contribution is -2.34. The van der Waals surface area contributed by atoms with E-state index in [1.165, 1.54) is 24.1 Å². The molecule has 2 aromatic rings. The smallest absolute Gasteiger partial charge is 0.290 e. The molecule has 0 radical (unpaired) electrons. The number of aromatic amines is 1. The van der Waals surface area contributed by atoms with Crippen LogP contribution in [-0.2, 0) is 7.05 Å². The zero-order valence-electron chi connectivity index (χ0n) is 17.0. The third-order valence-electron chi connectivity index (χ3n) is 4.57. The van der Waals surface area contributed by atoms with Crippen LogP contribution in [0.15, 0.2) is 27.8 Å². The van der Waals surface area contributed by atoms with Crippen molar-refractivity contribution in [1.82, 2.24) is 14.7 Å². The normalized spacial score (nSPS) is 12.0. The van der Waals surface area contributed by atoms with Crippen LogP contribution in [0.1, 0.15) is 31.1 Å². The highest BCUT2D eigenvalue weighted by Crippen LogP contribution is 2.31. The molecule has 1 aromatic carbocycles.